The van der Waals surface area contributed by atoms with Crippen molar-refractivity contribution in [3.05, 3.63) is 58.9 Å². The third kappa shape index (κ3) is 4.11. The van der Waals surface area contributed by atoms with Crippen LogP contribution in [0.1, 0.15) is 27.3 Å². The molecule has 0 bridgehead atoms. The van der Waals surface area contributed by atoms with Gasteiger partial charge in [0.15, 0.2) is 18.1 Å². The van der Waals surface area contributed by atoms with Crippen LogP contribution in [-0.2, 0) is 16.1 Å². The van der Waals surface area contributed by atoms with Gasteiger partial charge in [-0.15, -0.1) is 0 Å². The molecule has 0 spiro atoms. The first-order valence-electron chi connectivity index (χ1n) is 9.07. The van der Waals surface area contributed by atoms with Gasteiger partial charge in [-0.3, -0.25) is 4.79 Å². The van der Waals surface area contributed by atoms with Crippen LogP contribution in [0.5, 0.6) is 11.5 Å². The van der Waals surface area contributed by atoms with E-state index in [4.69, 9.17) is 14.2 Å². The van der Waals surface area contributed by atoms with E-state index in [1.54, 1.807) is 30.3 Å². The highest BCUT2D eigenvalue weighted by molar-refractivity contribution is 5.94. The van der Waals surface area contributed by atoms with Crippen LogP contribution in [0.2, 0.25) is 0 Å². The van der Waals surface area contributed by atoms with Crippen molar-refractivity contribution in [1.29, 1.82) is 0 Å². The first-order valence-corrected chi connectivity index (χ1v) is 9.07. The largest absolute Gasteiger partial charge is 0.454 e. The molecule has 1 aliphatic heterocycles. The summed E-state index contributed by atoms with van der Waals surface area (Å²) in [6.45, 7) is 3.85. The number of benzene rings is 2. The van der Waals surface area contributed by atoms with Crippen molar-refractivity contribution in [3.63, 3.8) is 0 Å². The minimum atomic E-state index is -0.592. The molecule has 29 heavy (non-hydrogen) atoms. The summed E-state index contributed by atoms with van der Waals surface area (Å²) < 4.78 is 15.7. The Morgan fingerprint density at radius 1 is 1.00 bits per heavy atom. The molecule has 8 nitrogen and oxygen atoms in total. The lowest BCUT2D eigenvalue weighted by Gasteiger charge is -2.08. The van der Waals surface area contributed by atoms with E-state index in [0.29, 0.717) is 28.1 Å². The van der Waals surface area contributed by atoms with Crippen LogP contribution in [-0.4, -0.2) is 35.2 Å². The van der Waals surface area contributed by atoms with E-state index in [2.05, 4.69) is 15.3 Å². The maximum absolute atomic E-state index is 12.3. The number of carbonyl (C=O) groups excluding carboxylic acids is 2. The maximum atomic E-state index is 12.3. The Morgan fingerprint density at radius 2 is 1.76 bits per heavy atom. The van der Waals surface area contributed by atoms with Crippen molar-refractivity contribution in [2.24, 2.45) is 0 Å². The topological polar surface area (TPSA) is 99.6 Å². The van der Waals surface area contributed by atoms with Gasteiger partial charge in [0.25, 0.3) is 5.91 Å². The van der Waals surface area contributed by atoms with E-state index in [9.17, 15) is 9.59 Å². The van der Waals surface area contributed by atoms with Crippen LogP contribution in [0.3, 0.4) is 0 Å². The summed E-state index contributed by atoms with van der Waals surface area (Å²) >= 11 is 0. The summed E-state index contributed by atoms with van der Waals surface area (Å²) in [5, 5.41) is 2.71. The summed E-state index contributed by atoms with van der Waals surface area (Å²) in [5.41, 5.74) is 4.12. The number of esters is 1. The molecule has 0 saturated carbocycles. The van der Waals surface area contributed by atoms with Crippen molar-refractivity contribution in [3.8, 4) is 11.5 Å². The molecule has 0 radical (unpaired) electrons. The second-order valence-corrected chi connectivity index (χ2v) is 6.64. The van der Waals surface area contributed by atoms with Gasteiger partial charge >= 0.3 is 5.97 Å². The number of nitrogens with zero attached hydrogens (tertiary/aromatic N) is 2. The van der Waals surface area contributed by atoms with Gasteiger partial charge in [0.05, 0.1) is 28.0 Å². The number of aryl methyl sites for hydroxylation is 2. The van der Waals surface area contributed by atoms with E-state index < -0.39 is 11.9 Å². The average molecular weight is 393 g/mol. The monoisotopic (exact) mass is 393 g/mol. The van der Waals surface area contributed by atoms with Gasteiger partial charge in [-0.05, 0) is 49.7 Å². The van der Waals surface area contributed by atoms with Gasteiger partial charge in [0.1, 0.15) is 0 Å². The number of nitrogens with one attached hydrogen (secondary N) is 1. The van der Waals surface area contributed by atoms with Crippen molar-refractivity contribution in [1.82, 2.24) is 15.3 Å². The Morgan fingerprint density at radius 3 is 2.59 bits per heavy atom. The minimum absolute atomic E-state index is 0.195. The fourth-order valence-electron chi connectivity index (χ4n) is 2.87. The number of fused-ring (bicyclic) bond motifs is 2. The molecule has 0 fully saturated rings. The molecule has 1 aliphatic rings. The second kappa shape index (κ2) is 7.75. The van der Waals surface area contributed by atoms with E-state index in [1.807, 2.05) is 19.9 Å². The molecule has 0 atom stereocenters. The zero-order valence-electron chi connectivity index (χ0n) is 16.0. The van der Waals surface area contributed by atoms with Gasteiger partial charge in [0.2, 0.25) is 6.79 Å². The molecule has 8 heteroatoms. The summed E-state index contributed by atoms with van der Waals surface area (Å²) in [5.74, 6) is 0.334. The smallest absolute Gasteiger partial charge is 0.338 e. The number of rotatable bonds is 5. The third-order valence-electron chi connectivity index (χ3n) is 4.57. The predicted octanol–water partition coefficient (Wildman–Crippen LogP) is 2.45. The first-order chi connectivity index (χ1) is 14.0. The number of hydrogen-bond donors (Lipinski definition) is 1. The molecule has 2 aromatic carbocycles. The highest BCUT2D eigenvalue weighted by atomic mass is 16.7. The normalized spacial score (nSPS) is 12.1. The van der Waals surface area contributed by atoms with Crippen molar-refractivity contribution >= 4 is 22.9 Å². The molecule has 3 aromatic rings. The van der Waals surface area contributed by atoms with Crippen molar-refractivity contribution < 1.29 is 23.8 Å². The van der Waals surface area contributed by atoms with E-state index in [1.165, 1.54) is 0 Å². The molecule has 4 rings (SSSR count). The van der Waals surface area contributed by atoms with Crippen LogP contribution >= 0.6 is 0 Å². The lowest BCUT2D eigenvalue weighted by molar-refractivity contribution is -0.124. The maximum Gasteiger partial charge on any atom is 0.338 e. The molecule has 0 aliphatic carbocycles. The number of amides is 1. The molecule has 148 valence electrons. The Kier molecular flexibility index (Phi) is 4.99. The Bertz CT molecular complexity index is 1110. The lowest BCUT2D eigenvalue weighted by atomic mass is 10.2. The standard InChI is InChI=1S/C21H19N3O5/c1-12-13(2)24-17-8-15(4-5-16(17)23-12)21(26)27-10-20(25)22-9-14-3-6-18-19(7-14)29-11-28-18/h3-8H,9-11H2,1-2H3,(H,22,25). The number of ether oxygens (including phenoxy) is 3. The van der Waals surface area contributed by atoms with Gasteiger partial charge in [-0.1, -0.05) is 6.07 Å². The summed E-state index contributed by atoms with van der Waals surface area (Å²) in [4.78, 5) is 33.1. The molecule has 0 unspecified atom stereocenters. The number of aromatic nitrogens is 2. The lowest BCUT2D eigenvalue weighted by Crippen LogP contribution is -2.28. The zero-order valence-corrected chi connectivity index (χ0v) is 16.0. The minimum Gasteiger partial charge on any atom is -0.454 e. The quantitative estimate of drug-likeness (QED) is 0.665. The summed E-state index contributed by atoms with van der Waals surface area (Å²) in [6, 6.07) is 10.4. The fourth-order valence-corrected chi connectivity index (χ4v) is 2.87. The summed E-state index contributed by atoms with van der Waals surface area (Å²) in [7, 11) is 0. The average Bonchev–Trinajstić information content (AvgIpc) is 3.19. The first kappa shape index (κ1) is 18.7. The third-order valence-corrected chi connectivity index (χ3v) is 4.57. The molecule has 2 heterocycles. The molecular weight excluding hydrogens is 374 g/mol. The van der Waals surface area contributed by atoms with E-state index in [0.717, 1.165) is 17.0 Å². The Hall–Kier alpha value is -3.68. The highest BCUT2D eigenvalue weighted by Crippen LogP contribution is 2.32. The molecule has 0 saturated heterocycles. The van der Waals surface area contributed by atoms with Crippen LogP contribution in [0.4, 0.5) is 0 Å². The van der Waals surface area contributed by atoms with Crippen LogP contribution in [0.25, 0.3) is 11.0 Å². The summed E-state index contributed by atoms with van der Waals surface area (Å²) in [6.07, 6.45) is 0. The van der Waals surface area contributed by atoms with Gasteiger partial charge in [0, 0.05) is 6.54 Å². The number of carbonyl (C=O) groups is 2. The van der Waals surface area contributed by atoms with Crippen molar-refractivity contribution in [2.45, 2.75) is 20.4 Å². The van der Waals surface area contributed by atoms with Crippen LogP contribution < -0.4 is 14.8 Å². The van der Waals surface area contributed by atoms with E-state index in [-0.39, 0.29) is 19.9 Å². The SMILES string of the molecule is Cc1nc2ccc(C(=O)OCC(=O)NCc3ccc4c(c3)OCO4)cc2nc1C. The fraction of sp³-hybridized carbons (Fsp3) is 0.238. The second-order valence-electron chi connectivity index (χ2n) is 6.64. The molecular formula is C21H19N3O5. The van der Waals surface area contributed by atoms with E-state index >= 15 is 0 Å². The Balaban J connectivity index is 1.32. The highest BCUT2D eigenvalue weighted by Gasteiger charge is 2.15. The van der Waals surface area contributed by atoms with Gasteiger partial charge < -0.3 is 19.5 Å². The van der Waals surface area contributed by atoms with Gasteiger partial charge in [-0.2, -0.15) is 0 Å². The Labute approximate surface area is 166 Å². The number of hydrogen-bond acceptors (Lipinski definition) is 7. The van der Waals surface area contributed by atoms with Crippen LogP contribution in [0.15, 0.2) is 36.4 Å². The molecule has 1 aromatic heterocycles. The molecule has 1 N–H and O–H groups in total. The molecule has 1 amide bonds. The van der Waals surface area contributed by atoms with Crippen LogP contribution in [0, 0.1) is 13.8 Å². The zero-order chi connectivity index (χ0) is 20.4. The predicted molar refractivity (Wildman–Crippen MR) is 104 cm³/mol. The van der Waals surface area contributed by atoms with Gasteiger partial charge in [-0.25, -0.2) is 14.8 Å². The van der Waals surface area contributed by atoms with Crippen molar-refractivity contribution in [2.75, 3.05) is 13.4 Å².